The molecule has 8 heteroatoms. The monoisotopic (exact) mass is 409 g/mol. The normalized spacial score (nSPS) is 11.0. The van der Waals surface area contributed by atoms with Crippen LogP contribution in [0.25, 0.3) is 10.8 Å². The van der Waals surface area contributed by atoms with Crippen LogP contribution in [0.3, 0.4) is 0 Å². The molecule has 1 amide bonds. The van der Waals surface area contributed by atoms with Gasteiger partial charge in [0.05, 0.1) is 23.2 Å². The van der Waals surface area contributed by atoms with E-state index in [1.807, 2.05) is 0 Å². The van der Waals surface area contributed by atoms with Crippen LogP contribution in [-0.4, -0.2) is 15.5 Å². The lowest BCUT2D eigenvalue weighted by Gasteiger charge is -2.17. The molecule has 0 radical (unpaired) electrons. The summed E-state index contributed by atoms with van der Waals surface area (Å²) >= 11 is 0. The van der Waals surface area contributed by atoms with Crippen LogP contribution in [0.5, 0.6) is 0 Å². The number of aromatic nitrogens is 2. The molecule has 0 unspecified atom stereocenters. The number of oxazole rings is 1. The Hall–Kier alpha value is -3.81. The van der Waals surface area contributed by atoms with Crippen LogP contribution in [0.4, 0.5) is 8.78 Å². The van der Waals surface area contributed by atoms with Crippen molar-refractivity contribution in [1.29, 1.82) is 0 Å². The summed E-state index contributed by atoms with van der Waals surface area (Å²) in [7, 11) is 0. The molecule has 1 N–H and O–H groups in total. The van der Waals surface area contributed by atoms with Crippen molar-refractivity contribution in [3.63, 3.8) is 0 Å². The van der Waals surface area contributed by atoms with E-state index >= 15 is 0 Å². The standard InChI is InChI=1S/C22H17F2N3O3/c1-13-19(21(28)25-9-14-4-2-5-15(23)8-14)17-6-3-7-18(24)20(17)22(29)27(13)10-16-11-30-12-26-16/h2-8,11-12H,9-10H2,1H3,(H,25,28). The van der Waals surface area contributed by atoms with Gasteiger partial charge in [-0.05, 0) is 30.7 Å². The number of benzene rings is 2. The smallest absolute Gasteiger partial charge is 0.262 e. The highest BCUT2D eigenvalue weighted by molar-refractivity contribution is 6.07. The zero-order valence-corrected chi connectivity index (χ0v) is 16.0. The molecule has 0 fully saturated rings. The van der Waals surface area contributed by atoms with E-state index in [-0.39, 0.29) is 29.4 Å². The summed E-state index contributed by atoms with van der Waals surface area (Å²) in [6, 6.07) is 10.0. The first-order valence-corrected chi connectivity index (χ1v) is 9.17. The zero-order chi connectivity index (χ0) is 21.3. The Balaban J connectivity index is 1.80. The van der Waals surface area contributed by atoms with Crippen LogP contribution in [0.15, 0.2) is 64.3 Å². The molecule has 0 spiro atoms. The highest BCUT2D eigenvalue weighted by Crippen LogP contribution is 2.22. The van der Waals surface area contributed by atoms with Crippen LogP contribution in [0, 0.1) is 18.6 Å². The van der Waals surface area contributed by atoms with E-state index < -0.39 is 23.1 Å². The molecule has 0 bridgehead atoms. The number of hydrogen-bond donors (Lipinski definition) is 1. The Labute approximate surface area is 169 Å². The third kappa shape index (κ3) is 3.59. The second kappa shape index (κ2) is 7.90. The third-order valence-corrected chi connectivity index (χ3v) is 4.88. The van der Waals surface area contributed by atoms with E-state index in [9.17, 15) is 18.4 Å². The van der Waals surface area contributed by atoms with Gasteiger partial charge < -0.3 is 14.3 Å². The molecular formula is C22H17F2N3O3. The third-order valence-electron chi connectivity index (χ3n) is 4.88. The van der Waals surface area contributed by atoms with E-state index in [1.165, 1.54) is 47.6 Å². The first kappa shape index (κ1) is 19.5. The molecule has 4 rings (SSSR count). The Morgan fingerprint density at radius 3 is 2.73 bits per heavy atom. The average molecular weight is 409 g/mol. The maximum atomic E-state index is 14.6. The lowest BCUT2D eigenvalue weighted by molar-refractivity contribution is 0.0951. The molecule has 0 saturated heterocycles. The van der Waals surface area contributed by atoms with Crippen LogP contribution in [-0.2, 0) is 13.1 Å². The summed E-state index contributed by atoms with van der Waals surface area (Å²) in [5.41, 5.74) is 1.00. The molecule has 152 valence electrons. The maximum absolute atomic E-state index is 14.6. The van der Waals surface area contributed by atoms with E-state index in [2.05, 4.69) is 10.3 Å². The van der Waals surface area contributed by atoms with Gasteiger partial charge in [-0.3, -0.25) is 9.59 Å². The fourth-order valence-electron chi connectivity index (χ4n) is 3.44. The number of rotatable bonds is 5. The van der Waals surface area contributed by atoms with Gasteiger partial charge in [0, 0.05) is 17.6 Å². The highest BCUT2D eigenvalue weighted by Gasteiger charge is 2.21. The molecular weight excluding hydrogens is 392 g/mol. The largest absolute Gasteiger partial charge is 0.451 e. The SMILES string of the molecule is Cc1c(C(=O)NCc2cccc(F)c2)c2cccc(F)c2c(=O)n1Cc1cocn1. The van der Waals surface area contributed by atoms with Crippen molar-refractivity contribution in [1.82, 2.24) is 14.9 Å². The van der Waals surface area contributed by atoms with E-state index in [0.29, 0.717) is 17.0 Å². The van der Waals surface area contributed by atoms with Crippen LogP contribution >= 0.6 is 0 Å². The van der Waals surface area contributed by atoms with Gasteiger partial charge in [-0.2, -0.15) is 0 Å². The van der Waals surface area contributed by atoms with Crippen molar-refractivity contribution in [2.24, 2.45) is 0 Å². The number of nitrogens with one attached hydrogen (secondary N) is 1. The summed E-state index contributed by atoms with van der Waals surface area (Å²) < 4.78 is 34.2. The van der Waals surface area contributed by atoms with Crippen molar-refractivity contribution in [3.05, 3.63) is 99.6 Å². The van der Waals surface area contributed by atoms with E-state index in [1.54, 1.807) is 19.1 Å². The van der Waals surface area contributed by atoms with Gasteiger partial charge in [-0.1, -0.05) is 24.3 Å². The minimum Gasteiger partial charge on any atom is -0.451 e. The second-order valence-corrected chi connectivity index (χ2v) is 6.81. The molecule has 2 heterocycles. The van der Waals surface area contributed by atoms with Crippen molar-refractivity contribution >= 4 is 16.7 Å². The zero-order valence-electron chi connectivity index (χ0n) is 16.0. The predicted octanol–water partition coefficient (Wildman–Crippen LogP) is 3.55. The van der Waals surface area contributed by atoms with Gasteiger partial charge >= 0.3 is 0 Å². The van der Waals surface area contributed by atoms with E-state index in [4.69, 9.17) is 4.42 Å². The van der Waals surface area contributed by atoms with Gasteiger partial charge in [0.2, 0.25) is 0 Å². The van der Waals surface area contributed by atoms with Gasteiger partial charge in [-0.25, -0.2) is 13.8 Å². The molecule has 0 saturated carbocycles. The number of pyridine rings is 1. The number of fused-ring (bicyclic) bond motifs is 1. The molecule has 4 aromatic rings. The first-order valence-electron chi connectivity index (χ1n) is 9.17. The Bertz CT molecular complexity index is 1300. The molecule has 0 aliphatic heterocycles. The summed E-state index contributed by atoms with van der Waals surface area (Å²) in [4.78, 5) is 30.0. The quantitative estimate of drug-likeness (QED) is 0.547. The lowest BCUT2D eigenvalue weighted by atomic mass is 10.0. The molecule has 6 nitrogen and oxygen atoms in total. The van der Waals surface area contributed by atoms with Crippen molar-refractivity contribution in [3.8, 4) is 0 Å². The molecule has 0 aliphatic carbocycles. The fraction of sp³-hybridized carbons (Fsp3) is 0.136. The summed E-state index contributed by atoms with van der Waals surface area (Å²) in [6.45, 7) is 1.72. The second-order valence-electron chi connectivity index (χ2n) is 6.81. The van der Waals surface area contributed by atoms with Gasteiger partial charge in [0.15, 0.2) is 6.39 Å². The van der Waals surface area contributed by atoms with Crippen LogP contribution in [0.2, 0.25) is 0 Å². The minimum absolute atomic E-state index is 0.0234. The number of amides is 1. The first-order chi connectivity index (χ1) is 14.5. The Kier molecular flexibility index (Phi) is 5.14. The predicted molar refractivity (Wildman–Crippen MR) is 106 cm³/mol. The van der Waals surface area contributed by atoms with Gasteiger partial charge in [-0.15, -0.1) is 0 Å². The highest BCUT2D eigenvalue weighted by atomic mass is 19.1. The number of hydrogen-bond acceptors (Lipinski definition) is 4. The van der Waals surface area contributed by atoms with Crippen molar-refractivity contribution < 1.29 is 18.0 Å². The summed E-state index contributed by atoms with van der Waals surface area (Å²) in [6.07, 6.45) is 2.60. The average Bonchev–Trinajstić information content (AvgIpc) is 3.23. The summed E-state index contributed by atoms with van der Waals surface area (Å²) in [5.74, 6) is -1.63. The number of carbonyl (C=O) groups is 1. The van der Waals surface area contributed by atoms with Crippen LogP contribution in [0.1, 0.15) is 27.3 Å². The molecule has 2 aromatic carbocycles. The minimum atomic E-state index is -0.717. The maximum Gasteiger partial charge on any atom is 0.262 e. The Morgan fingerprint density at radius 2 is 2.00 bits per heavy atom. The van der Waals surface area contributed by atoms with Crippen LogP contribution < -0.4 is 10.9 Å². The van der Waals surface area contributed by atoms with Crippen molar-refractivity contribution in [2.45, 2.75) is 20.0 Å². The number of carbonyl (C=O) groups excluding carboxylic acids is 1. The number of halogens is 2. The molecule has 0 aliphatic rings. The topological polar surface area (TPSA) is 77.1 Å². The van der Waals surface area contributed by atoms with Gasteiger partial charge in [0.25, 0.3) is 11.5 Å². The van der Waals surface area contributed by atoms with Gasteiger partial charge in [0.1, 0.15) is 17.9 Å². The number of nitrogens with zero attached hydrogens (tertiary/aromatic N) is 2. The fourth-order valence-corrected chi connectivity index (χ4v) is 3.44. The lowest BCUT2D eigenvalue weighted by Crippen LogP contribution is -2.31. The summed E-state index contributed by atoms with van der Waals surface area (Å²) in [5, 5.41) is 2.76. The Morgan fingerprint density at radius 1 is 1.20 bits per heavy atom. The van der Waals surface area contributed by atoms with E-state index in [0.717, 1.165) is 0 Å². The molecule has 30 heavy (non-hydrogen) atoms. The van der Waals surface area contributed by atoms with Crippen molar-refractivity contribution in [2.75, 3.05) is 0 Å². The molecule has 2 aromatic heterocycles. The molecule has 0 atom stereocenters.